The number of Topliss-reactive ketones (excluding diaryl/α,β-unsaturated/α-hetero) is 1. The van der Waals surface area contributed by atoms with E-state index in [0.717, 1.165) is 22.8 Å². The van der Waals surface area contributed by atoms with Gasteiger partial charge < -0.3 is 10.6 Å². The molecule has 0 unspecified atom stereocenters. The van der Waals surface area contributed by atoms with Gasteiger partial charge in [-0.15, -0.1) is 0 Å². The zero-order valence-corrected chi connectivity index (χ0v) is 16.7. The monoisotopic (exact) mass is 386 g/mol. The fourth-order valence-corrected chi connectivity index (χ4v) is 3.71. The molecule has 2 aromatic carbocycles. The molecule has 1 fully saturated rings. The zero-order chi connectivity index (χ0) is 20.1. The SMILES string of the molecule is CC(=O)c1ccc(Nc2nc(NC3CCCCC3)cc(-c3ccccc3)n2)cc1. The normalized spacial score (nSPS) is 14.4. The summed E-state index contributed by atoms with van der Waals surface area (Å²) in [7, 11) is 0. The van der Waals surface area contributed by atoms with Crippen molar-refractivity contribution in [3.8, 4) is 11.3 Å². The number of ketones is 1. The van der Waals surface area contributed by atoms with Crippen LogP contribution in [-0.2, 0) is 0 Å². The number of hydrogen-bond acceptors (Lipinski definition) is 5. The van der Waals surface area contributed by atoms with Gasteiger partial charge in [0.15, 0.2) is 5.78 Å². The standard InChI is InChI=1S/C24H26N4O/c1-17(29)18-12-14-21(15-13-18)26-24-27-22(19-8-4-2-5-9-19)16-23(28-24)25-20-10-6-3-7-11-20/h2,4-5,8-9,12-16,20H,3,6-7,10-11H2,1H3,(H2,25,26,27,28). The van der Waals surface area contributed by atoms with Crippen LogP contribution in [0.5, 0.6) is 0 Å². The van der Waals surface area contributed by atoms with E-state index in [1.807, 2.05) is 48.5 Å². The molecule has 1 heterocycles. The average Bonchev–Trinajstić information content (AvgIpc) is 2.75. The van der Waals surface area contributed by atoms with Crippen LogP contribution in [-0.4, -0.2) is 21.8 Å². The second kappa shape index (κ2) is 8.86. The van der Waals surface area contributed by atoms with Crippen LogP contribution in [0.25, 0.3) is 11.3 Å². The quantitative estimate of drug-likeness (QED) is 0.521. The first kappa shape index (κ1) is 19.1. The Morgan fingerprint density at radius 1 is 0.931 bits per heavy atom. The van der Waals surface area contributed by atoms with Gasteiger partial charge in [0.2, 0.25) is 5.95 Å². The van der Waals surface area contributed by atoms with Crippen LogP contribution >= 0.6 is 0 Å². The van der Waals surface area contributed by atoms with Crippen molar-refractivity contribution in [1.29, 1.82) is 0 Å². The molecule has 2 N–H and O–H groups in total. The van der Waals surface area contributed by atoms with E-state index >= 15 is 0 Å². The lowest BCUT2D eigenvalue weighted by Crippen LogP contribution is -2.23. The number of benzene rings is 2. The molecule has 29 heavy (non-hydrogen) atoms. The van der Waals surface area contributed by atoms with E-state index in [1.54, 1.807) is 6.92 Å². The molecule has 5 heteroatoms. The number of nitrogens with one attached hydrogen (secondary N) is 2. The van der Waals surface area contributed by atoms with Gasteiger partial charge in [-0.1, -0.05) is 49.6 Å². The Balaban J connectivity index is 1.62. The van der Waals surface area contributed by atoms with E-state index in [2.05, 4.69) is 22.8 Å². The van der Waals surface area contributed by atoms with Crippen molar-refractivity contribution >= 4 is 23.2 Å². The van der Waals surface area contributed by atoms with Crippen LogP contribution in [0, 0.1) is 0 Å². The van der Waals surface area contributed by atoms with E-state index < -0.39 is 0 Å². The van der Waals surface area contributed by atoms with Crippen molar-refractivity contribution in [2.75, 3.05) is 10.6 Å². The predicted octanol–water partition coefficient (Wildman–Crippen LogP) is 5.83. The molecule has 5 nitrogen and oxygen atoms in total. The smallest absolute Gasteiger partial charge is 0.229 e. The number of nitrogens with zero attached hydrogens (tertiary/aromatic N) is 2. The number of rotatable bonds is 6. The largest absolute Gasteiger partial charge is 0.367 e. The zero-order valence-electron chi connectivity index (χ0n) is 16.7. The van der Waals surface area contributed by atoms with Gasteiger partial charge in [-0.05, 0) is 44.0 Å². The number of hydrogen-bond donors (Lipinski definition) is 2. The van der Waals surface area contributed by atoms with E-state index in [0.29, 0.717) is 17.6 Å². The molecule has 0 bridgehead atoms. The van der Waals surface area contributed by atoms with Crippen molar-refractivity contribution in [3.63, 3.8) is 0 Å². The highest BCUT2D eigenvalue weighted by atomic mass is 16.1. The fourth-order valence-electron chi connectivity index (χ4n) is 3.71. The number of aromatic nitrogens is 2. The highest BCUT2D eigenvalue weighted by Crippen LogP contribution is 2.26. The van der Waals surface area contributed by atoms with Gasteiger partial charge >= 0.3 is 0 Å². The van der Waals surface area contributed by atoms with Crippen molar-refractivity contribution in [1.82, 2.24) is 9.97 Å². The van der Waals surface area contributed by atoms with E-state index in [9.17, 15) is 4.79 Å². The molecule has 1 aromatic heterocycles. The van der Waals surface area contributed by atoms with E-state index in [-0.39, 0.29) is 5.78 Å². The van der Waals surface area contributed by atoms with Crippen LogP contribution in [0.1, 0.15) is 49.4 Å². The molecular formula is C24H26N4O. The van der Waals surface area contributed by atoms with Gasteiger partial charge in [-0.2, -0.15) is 4.98 Å². The van der Waals surface area contributed by atoms with Crippen LogP contribution in [0.3, 0.4) is 0 Å². The lowest BCUT2D eigenvalue weighted by atomic mass is 9.95. The third-order valence-electron chi connectivity index (χ3n) is 5.30. The third kappa shape index (κ3) is 4.99. The second-order valence-corrected chi connectivity index (χ2v) is 7.57. The number of carbonyl (C=O) groups is 1. The molecule has 0 atom stereocenters. The molecule has 0 radical (unpaired) electrons. The molecule has 0 saturated heterocycles. The Labute approximate surface area is 171 Å². The molecule has 0 spiro atoms. The number of carbonyl (C=O) groups excluding carboxylic acids is 1. The molecule has 1 aliphatic carbocycles. The Morgan fingerprint density at radius 3 is 2.34 bits per heavy atom. The minimum atomic E-state index is 0.0536. The van der Waals surface area contributed by atoms with Gasteiger partial charge in [0.25, 0.3) is 0 Å². The molecule has 1 saturated carbocycles. The van der Waals surface area contributed by atoms with E-state index in [4.69, 9.17) is 9.97 Å². The first-order valence-corrected chi connectivity index (χ1v) is 10.3. The predicted molar refractivity (Wildman–Crippen MR) is 118 cm³/mol. The number of anilines is 3. The second-order valence-electron chi connectivity index (χ2n) is 7.57. The Hall–Kier alpha value is -3.21. The van der Waals surface area contributed by atoms with Crippen LogP contribution in [0.4, 0.5) is 17.5 Å². The Morgan fingerprint density at radius 2 is 1.66 bits per heavy atom. The van der Waals surface area contributed by atoms with Crippen molar-refractivity contribution in [3.05, 3.63) is 66.2 Å². The van der Waals surface area contributed by atoms with Gasteiger partial charge in [0.05, 0.1) is 5.69 Å². The minimum Gasteiger partial charge on any atom is -0.367 e. The van der Waals surface area contributed by atoms with Crippen molar-refractivity contribution in [2.24, 2.45) is 0 Å². The summed E-state index contributed by atoms with van der Waals surface area (Å²) in [5.74, 6) is 1.44. The summed E-state index contributed by atoms with van der Waals surface area (Å²) in [5.41, 5.74) is 3.47. The van der Waals surface area contributed by atoms with Gasteiger partial charge in [0.1, 0.15) is 5.82 Å². The summed E-state index contributed by atoms with van der Waals surface area (Å²) in [6.45, 7) is 1.57. The van der Waals surface area contributed by atoms with Gasteiger partial charge in [-0.25, -0.2) is 4.98 Å². The molecule has 3 aromatic rings. The summed E-state index contributed by atoms with van der Waals surface area (Å²) < 4.78 is 0. The third-order valence-corrected chi connectivity index (χ3v) is 5.30. The van der Waals surface area contributed by atoms with E-state index in [1.165, 1.54) is 32.1 Å². The molecule has 0 amide bonds. The van der Waals surface area contributed by atoms with Crippen LogP contribution < -0.4 is 10.6 Å². The maximum Gasteiger partial charge on any atom is 0.229 e. The molecule has 148 valence electrons. The molecule has 0 aliphatic heterocycles. The Kier molecular flexibility index (Phi) is 5.84. The molecule has 4 rings (SSSR count). The average molecular weight is 386 g/mol. The topological polar surface area (TPSA) is 66.9 Å². The lowest BCUT2D eigenvalue weighted by Gasteiger charge is -2.23. The van der Waals surface area contributed by atoms with Crippen LogP contribution in [0.15, 0.2) is 60.7 Å². The highest BCUT2D eigenvalue weighted by Gasteiger charge is 2.15. The van der Waals surface area contributed by atoms with Crippen molar-refractivity contribution < 1.29 is 4.79 Å². The fraction of sp³-hybridized carbons (Fsp3) is 0.292. The maximum atomic E-state index is 11.5. The Bertz CT molecular complexity index is 964. The maximum absolute atomic E-state index is 11.5. The summed E-state index contributed by atoms with van der Waals surface area (Å²) in [4.78, 5) is 20.9. The lowest BCUT2D eigenvalue weighted by molar-refractivity contribution is 0.101. The molecule has 1 aliphatic rings. The minimum absolute atomic E-state index is 0.0536. The summed E-state index contributed by atoms with van der Waals surface area (Å²) >= 11 is 0. The van der Waals surface area contributed by atoms with Crippen LogP contribution in [0.2, 0.25) is 0 Å². The van der Waals surface area contributed by atoms with Gasteiger partial charge in [0, 0.05) is 28.9 Å². The summed E-state index contributed by atoms with van der Waals surface area (Å²) in [6.07, 6.45) is 6.21. The summed E-state index contributed by atoms with van der Waals surface area (Å²) in [6, 6.07) is 20.0. The van der Waals surface area contributed by atoms with Crippen molar-refractivity contribution in [2.45, 2.75) is 45.1 Å². The first-order valence-electron chi connectivity index (χ1n) is 10.3. The molecular weight excluding hydrogens is 360 g/mol. The first-order chi connectivity index (χ1) is 14.2. The summed E-state index contributed by atoms with van der Waals surface area (Å²) in [5, 5.41) is 6.89. The highest BCUT2D eigenvalue weighted by molar-refractivity contribution is 5.94. The van der Waals surface area contributed by atoms with Gasteiger partial charge in [-0.3, -0.25) is 4.79 Å².